The summed E-state index contributed by atoms with van der Waals surface area (Å²) in [6, 6.07) is 53.1. The Kier molecular flexibility index (Phi) is 10.7. The van der Waals surface area contributed by atoms with Crippen LogP contribution >= 0.6 is 0 Å². The van der Waals surface area contributed by atoms with Crippen LogP contribution in [-0.4, -0.2) is 0 Å². The minimum atomic E-state index is 0.192. The standard InChI is InChI=1S/C42H48.C34H32/c1(4-40-19-31-10-32(20-40)12-33(11-31)21-40)28-7-29(2-5-41-22-34-13-35(23-41)15-36(14-34)24-41)9-30(8-28)3-6-42-25-37-16-38(26-42)18-39(17-37)27-42;1-5-13-27(14-6-1)31-21-32(28-15-7-2-8-16-28)24-33(22-31,29-17-9-3-10-18-29)26-34(23-31,25-32)30-19-11-4-12-20-30/h7-9,31-39H,10-27H2;1-20H,21-26H2. The zero-order valence-electron chi connectivity index (χ0n) is 45.4. The molecule has 5 aromatic carbocycles. The van der Waals surface area contributed by atoms with E-state index in [1.165, 1.54) is 171 Å². The summed E-state index contributed by atoms with van der Waals surface area (Å²) < 4.78 is 0. The van der Waals surface area contributed by atoms with Gasteiger partial charge in [-0.05, 0) is 269 Å². The van der Waals surface area contributed by atoms with E-state index in [1.807, 2.05) is 0 Å². The molecule has 16 aliphatic rings. The molecule has 21 rings (SSSR count). The highest BCUT2D eigenvalue weighted by molar-refractivity contribution is 5.53. The van der Waals surface area contributed by atoms with E-state index in [-0.39, 0.29) is 21.7 Å². The smallest absolute Gasteiger partial charge is 0.0326 e. The Morgan fingerprint density at radius 2 is 0.434 bits per heavy atom. The van der Waals surface area contributed by atoms with Crippen molar-refractivity contribution >= 4 is 0 Å². The van der Waals surface area contributed by atoms with Crippen molar-refractivity contribution in [1.82, 2.24) is 0 Å². The lowest BCUT2D eigenvalue weighted by molar-refractivity contribution is -0.0691. The van der Waals surface area contributed by atoms with Crippen molar-refractivity contribution in [1.29, 1.82) is 0 Å². The molecule has 0 saturated heterocycles. The van der Waals surface area contributed by atoms with Crippen molar-refractivity contribution < 1.29 is 0 Å². The number of hydrogen-bond donors (Lipinski definition) is 0. The highest BCUT2D eigenvalue weighted by atomic mass is 14.7. The molecule has 0 heteroatoms. The van der Waals surface area contributed by atoms with Crippen molar-refractivity contribution in [2.24, 2.45) is 69.5 Å². The molecule has 0 heterocycles. The van der Waals surface area contributed by atoms with Gasteiger partial charge in [-0.3, -0.25) is 0 Å². The Bertz CT molecular complexity index is 2680. The van der Waals surface area contributed by atoms with Crippen LogP contribution < -0.4 is 0 Å². The zero-order valence-corrected chi connectivity index (χ0v) is 45.4. The third kappa shape index (κ3) is 8.08. The maximum Gasteiger partial charge on any atom is 0.0326 e. The van der Waals surface area contributed by atoms with E-state index in [2.05, 4.69) is 175 Å². The van der Waals surface area contributed by atoms with Gasteiger partial charge in [0.2, 0.25) is 0 Å². The van der Waals surface area contributed by atoms with Gasteiger partial charge in [-0.2, -0.15) is 0 Å². The molecule has 5 aromatic rings. The van der Waals surface area contributed by atoms with E-state index in [4.69, 9.17) is 0 Å². The molecule has 384 valence electrons. The summed E-state index contributed by atoms with van der Waals surface area (Å²) in [5, 5.41) is 0. The topological polar surface area (TPSA) is 0 Å². The second-order valence-electron chi connectivity index (χ2n) is 29.8. The summed E-state index contributed by atoms with van der Waals surface area (Å²) in [7, 11) is 0. The molecule has 0 N–H and O–H groups in total. The maximum absolute atomic E-state index is 3.95. The largest absolute Gasteiger partial charge is 0.0911 e. The molecule has 0 amide bonds. The number of rotatable bonds is 4. The summed E-state index contributed by atoms with van der Waals surface area (Å²) in [5.41, 5.74) is 11.4. The molecule has 76 heavy (non-hydrogen) atoms. The van der Waals surface area contributed by atoms with Gasteiger partial charge in [0, 0.05) is 32.9 Å². The molecule has 0 unspecified atom stereocenters. The predicted molar refractivity (Wildman–Crippen MR) is 309 cm³/mol. The van der Waals surface area contributed by atoms with Crippen molar-refractivity contribution in [3.05, 3.63) is 178 Å². The van der Waals surface area contributed by atoms with Crippen molar-refractivity contribution in [3.8, 4) is 35.5 Å². The van der Waals surface area contributed by atoms with Gasteiger partial charge in [0.15, 0.2) is 0 Å². The van der Waals surface area contributed by atoms with Gasteiger partial charge in [0.25, 0.3) is 0 Å². The Morgan fingerprint density at radius 3 is 0.618 bits per heavy atom. The van der Waals surface area contributed by atoms with E-state index >= 15 is 0 Å². The van der Waals surface area contributed by atoms with Crippen molar-refractivity contribution in [2.75, 3.05) is 0 Å². The normalized spacial score (nSPS) is 42.4. The van der Waals surface area contributed by atoms with Crippen LogP contribution in [0.1, 0.15) is 193 Å². The van der Waals surface area contributed by atoms with Gasteiger partial charge < -0.3 is 0 Å². The van der Waals surface area contributed by atoms with Gasteiger partial charge in [-0.1, -0.05) is 157 Å². The van der Waals surface area contributed by atoms with Gasteiger partial charge >= 0.3 is 0 Å². The molecule has 16 bridgehead atoms. The lowest BCUT2D eigenvalue weighted by Gasteiger charge is -2.71. The van der Waals surface area contributed by atoms with Crippen molar-refractivity contribution in [2.45, 2.75) is 176 Å². The van der Waals surface area contributed by atoms with E-state index < -0.39 is 0 Å². The predicted octanol–water partition coefficient (Wildman–Crippen LogP) is 17.5. The van der Waals surface area contributed by atoms with Crippen LogP contribution in [0.4, 0.5) is 0 Å². The average Bonchev–Trinajstić information content (AvgIpc) is 3.43. The number of hydrogen-bond acceptors (Lipinski definition) is 0. The molecule has 0 radical (unpaired) electrons. The van der Waals surface area contributed by atoms with Gasteiger partial charge in [-0.25, -0.2) is 0 Å². The molecule has 16 fully saturated rings. The maximum atomic E-state index is 3.95. The molecule has 16 saturated carbocycles. The fourth-order valence-corrected chi connectivity index (χ4v) is 23.3. The van der Waals surface area contributed by atoms with Crippen molar-refractivity contribution in [3.63, 3.8) is 0 Å². The second kappa shape index (κ2) is 17.4. The SMILES string of the molecule is C(#CC12CC3CC(CC(C3)C1)C2)c1cc(C#CC23CC4CC(CC(C4)C2)C3)cc(C#CC23CC4CC(CC(C4)C2)C3)c1.c1ccc(C23CC4(c5ccccc5)CC(c5ccccc5)(C2)CC(c2ccccc2)(C3)C4)cc1. The fourth-order valence-electron chi connectivity index (χ4n) is 23.3. The lowest BCUT2D eigenvalue weighted by atomic mass is 9.32. The van der Waals surface area contributed by atoms with E-state index in [9.17, 15) is 0 Å². The molecule has 16 aliphatic carbocycles. The monoisotopic (exact) mass is 993 g/mol. The minimum Gasteiger partial charge on any atom is -0.0911 e. The van der Waals surface area contributed by atoms with Crippen LogP contribution in [0.5, 0.6) is 0 Å². The van der Waals surface area contributed by atoms with E-state index in [0.29, 0.717) is 16.2 Å². The van der Waals surface area contributed by atoms with Crippen LogP contribution in [0.2, 0.25) is 0 Å². The third-order valence-electron chi connectivity index (χ3n) is 24.1. The van der Waals surface area contributed by atoms with Gasteiger partial charge in [0.1, 0.15) is 0 Å². The summed E-state index contributed by atoms with van der Waals surface area (Å²) in [6.45, 7) is 0. The minimum absolute atomic E-state index is 0.192. The Morgan fingerprint density at radius 1 is 0.250 bits per heavy atom. The third-order valence-corrected chi connectivity index (χ3v) is 24.1. The quantitative estimate of drug-likeness (QED) is 0.157. The van der Waals surface area contributed by atoms with Crippen LogP contribution in [0.25, 0.3) is 0 Å². The van der Waals surface area contributed by atoms with E-state index in [1.54, 1.807) is 22.3 Å². The molecule has 0 aliphatic heterocycles. The molecule has 0 nitrogen and oxygen atoms in total. The zero-order chi connectivity index (χ0) is 50.2. The Labute approximate surface area is 456 Å². The van der Waals surface area contributed by atoms with Gasteiger partial charge in [0.05, 0.1) is 0 Å². The Hall–Kier alpha value is -5.22. The molecular weight excluding hydrogens is 913 g/mol. The summed E-state index contributed by atoms with van der Waals surface area (Å²) >= 11 is 0. The first kappa shape index (κ1) is 46.8. The molecule has 0 aromatic heterocycles. The van der Waals surface area contributed by atoms with E-state index in [0.717, 1.165) is 53.3 Å². The first-order valence-corrected chi connectivity index (χ1v) is 31.1. The summed E-state index contributed by atoms with van der Waals surface area (Å²) in [5.74, 6) is 31.8. The fraction of sp³-hybridized carbons (Fsp3) is 0.526. The lowest BCUT2D eigenvalue weighted by Crippen LogP contribution is -2.67. The highest BCUT2D eigenvalue weighted by Gasteiger charge is 2.69. The van der Waals surface area contributed by atoms with Crippen LogP contribution in [0.15, 0.2) is 140 Å². The molecular formula is C76H80. The van der Waals surface area contributed by atoms with Gasteiger partial charge in [-0.15, -0.1) is 0 Å². The number of benzene rings is 5. The first-order chi connectivity index (χ1) is 37.1. The second-order valence-corrected chi connectivity index (χ2v) is 29.8. The Balaban J connectivity index is 0.000000131. The summed E-state index contributed by atoms with van der Waals surface area (Å²) in [4.78, 5) is 0. The molecule has 0 spiro atoms. The molecule has 0 atom stereocenters. The summed E-state index contributed by atoms with van der Waals surface area (Å²) in [6.07, 6.45) is 33.2. The van der Waals surface area contributed by atoms with Crippen LogP contribution in [0.3, 0.4) is 0 Å². The first-order valence-electron chi connectivity index (χ1n) is 31.1. The average molecular weight is 993 g/mol. The van der Waals surface area contributed by atoms with Crippen LogP contribution in [0, 0.1) is 105 Å². The highest BCUT2D eigenvalue weighted by Crippen LogP contribution is 2.75. The van der Waals surface area contributed by atoms with Crippen LogP contribution in [-0.2, 0) is 21.7 Å².